The van der Waals surface area contributed by atoms with Gasteiger partial charge >= 0.3 is 0 Å². The molecule has 0 atom stereocenters. The van der Waals surface area contributed by atoms with Crippen LogP contribution in [0.3, 0.4) is 0 Å². The summed E-state index contributed by atoms with van der Waals surface area (Å²) in [6.07, 6.45) is 0. The summed E-state index contributed by atoms with van der Waals surface area (Å²) in [5, 5.41) is 20.8. The predicted octanol–water partition coefficient (Wildman–Crippen LogP) is 5.13. The van der Waals surface area contributed by atoms with Gasteiger partial charge in [0.25, 0.3) is 5.91 Å². The fraction of sp³-hybridized carbons (Fsp3) is 0.0952. The van der Waals surface area contributed by atoms with E-state index in [0.717, 1.165) is 11.4 Å². The molecule has 3 aromatic rings. The molecule has 3 rings (SSSR count). The summed E-state index contributed by atoms with van der Waals surface area (Å²) in [7, 11) is 3.96. The molecule has 3 aromatic carbocycles. The smallest absolute Gasteiger partial charge is 0.255 e. The quantitative estimate of drug-likeness (QED) is 0.489. The predicted molar refractivity (Wildman–Crippen MR) is 107 cm³/mol. The molecule has 0 fully saturated rings. The molecule has 0 aromatic heterocycles. The summed E-state index contributed by atoms with van der Waals surface area (Å²) >= 11 is 0. The number of amides is 1. The van der Waals surface area contributed by atoms with Gasteiger partial charge in [-0.2, -0.15) is 10.2 Å². The van der Waals surface area contributed by atoms with Crippen LogP contribution in [0.1, 0.15) is 10.4 Å². The number of aromatic hydroxyl groups is 1. The van der Waals surface area contributed by atoms with Gasteiger partial charge in [-0.3, -0.25) is 4.79 Å². The molecule has 6 nitrogen and oxygen atoms in total. The van der Waals surface area contributed by atoms with Gasteiger partial charge in [-0.25, -0.2) is 0 Å². The number of hydrogen-bond acceptors (Lipinski definition) is 5. The Bertz CT molecular complexity index is 949. The Morgan fingerprint density at radius 2 is 1.41 bits per heavy atom. The first kappa shape index (κ1) is 18.1. The van der Waals surface area contributed by atoms with E-state index in [-0.39, 0.29) is 11.7 Å². The van der Waals surface area contributed by atoms with Gasteiger partial charge in [0, 0.05) is 25.3 Å². The van der Waals surface area contributed by atoms with Gasteiger partial charge in [-0.1, -0.05) is 12.1 Å². The van der Waals surface area contributed by atoms with Gasteiger partial charge in [0.1, 0.15) is 5.75 Å². The monoisotopic (exact) mass is 360 g/mol. The van der Waals surface area contributed by atoms with Gasteiger partial charge in [-0.05, 0) is 60.7 Å². The summed E-state index contributed by atoms with van der Waals surface area (Å²) in [6, 6.07) is 21.1. The van der Waals surface area contributed by atoms with Gasteiger partial charge in [-0.15, -0.1) is 0 Å². The van der Waals surface area contributed by atoms with E-state index in [4.69, 9.17) is 0 Å². The third kappa shape index (κ3) is 4.70. The van der Waals surface area contributed by atoms with E-state index in [1.54, 1.807) is 42.5 Å². The minimum absolute atomic E-state index is 0.0246. The van der Waals surface area contributed by atoms with Crippen LogP contribution in [-0.4, -0.2) is 25.1 Å². The number of anilines is 2. The Balaban J connectivity index is 1.66. The number of phenolic OH excluding ortho intramolecular Hbond substituents is 1. The molecule has 2 N–H and O–H groups in total. The molecule has 27 heavy (non-hydrogen) atoms. The zero-order valence-electron chi connectivity index (χ0n) is 15.1. The number of rotatable bonds is 5. The SMILES string of the molecule is CN(C)c1ccc(N=Nc2ccc(C(=O)Nc3ccccc3O)cc2)cc1. The van der Waals surface area contributed by atoms with Crippen molar-refractivity contribution in [1.29, 1.82) is 0 Å². The first-order valence-corrected chi connectivity index (χ1v) is 8.41. The van der Waals surface area contributed by atoms with Crippen molar-refractivity contribution in [3.63, 3.8) is 0 Å². The molecule has 0 saturated carbocycles. The number of nitrogens with one attached hydrogen (secondary N) is 1. The Morgan fingerprint density at radius 3 is 1.96 bits per heavy atom. The molecule has 0 radical (unpaired) electrons. The lowest BCUT2D eigenvalue weighted by Gasteiger charge is -2.11. The molecule has 0 aliphatic heterocycles. The average molecular weight is 360 g/mol. The van der Waals surface area contributed by atoms with Crippen LogP contribution in [0, 0.1) is 0 Å². The third-order valence-corrected chi connectivity index (χ3v) is 3.93. The number of carbonyl (C=O) groups is 1. The van der Waals surface area contributed by atoms with Crippen molar-refractivity contribution >= 4 is 28.7 Å². The number of phenols is 1. The molecular weight excluding hydrogens is 340 g/mol. The zero-order chi connectivity index (χ0) is 19.2. The maximum absolute atomic E-state index is 12.3. The number of azo groups is 1. The molecule has 0 spiro atoms. The highest BCUT2D eigenvalue weighted by molar-refractivity contribution is 6.05. The molecule has 136 valence electrons. The standard InChI is InChI=1S/C21H20N4O2/c1-25(2)18-13-11-17(12-14-18)24-23-16-9-7-15(8-10-16)21(27)22-19-5-3-4-6-20(19)26/h3-14,26H,1-2H3,(H,22,27). The van der Waals surface area contributed by atoms with E-state index in [9.17, 15) is 9.90 Å². The third-order valence-electron chi connectivity index (χ3n) is 3.93. The molecule has 1 amide bonds. The zero-order valence-corrected chi connectivity index (χ0v) is 15.1. The number of carbonyl (C=O) groups excluding carboxylic acids is 1. The molecule has 0 aliphatic rings. The minimum atomic E-state index is -0.306. The Hall–Kier alpha value is -3.67. The van der Waals surface area contributed by atoms with Crippen LogP contribution in [0.5, 0.6) is 5.75 Å². The van der Waals surface area contributed by atoms with Crippen LogP contribution in [0.2, 0.25) is 0 Å². The first-order valence-electron chi connectivity index (χ1n) is 8.41. The van der Waals surface area contributed by atoms with Crippen molar-refractivity contribution in [2.75, 3.05) is 24.3 Å². The maximum Gasteiger partial charge on any atom is 0.255 e. The highest BCUT2D eigenvalue weighted by Crippen LogP contribution is 2.24. The second-order valence-corrected chi connectivity index (χ2v) is 6.13. The van der Waals surface area contributed by atoms with Crippen LogP contribution in [0.25, 0.3) is 0 Å². The van der Waals surface area contributed by atoms with E-state index in [1.807, 2.05) is 43.3 Å². The number of nitrogens with zero attached hydrogens (tertiary/aromatic N) is 3. The molecule has 0 bridgehead atoms. The average Bonchev–Trinajstić information content (AvgIpc) is 2.69. The molecule has 0 unspecified atom stereocenters. The maximum atomic E-state index is 12.3. The lowest BCUT2D eigenvalue weighted by atomic mass is 10.2. The summed E-state index contributed by atoms with van der Waals surface area (Å²) in [5.74, 6) is -0.282. The van der Waals surface area contributed by atoms with E-state index >= 15 is 0 Å². The van der Waals surface area contributed by atoms with Crippen LogP contribution >= 0.6 is 0 Å². The topological polar surface area (TPSA) is 77.3 Å². The van der Waals surface area contributed by atoms with Gasteiger partial charge in [0.05, 0.1) is 17.1 Å². The number of benzene rings is 3. The van der Waals surface area contributed by atoms with Crippen molar-refractivity contribution in [3.8, 4) is 5.75 Å². The van der Waals surface area contributed by atoms with Crippen molar-refractivity contribution in [1.82, 2.24) is 0 Å². The van der Waals surface area contributed by atoms with Crippen LogP contribution < -0.4 is 10.2 Å². The summed E-state index contributed by atoms with van der Waals surface area (Å²) in [4.78, 5) is 14.3. The Morgan fingerprint density at radius 1 is 0.852 bits per heavy atom. The normalized spacial score (nSPS) is 10.7. The van der Waals surface area contributed by atoms with Crippen molar-refractivity contribution in [2.24, 2.45) is 10.2 Å². The minimum Gasteiger partial charge on any atom is -0.506 e. The fourth-order valence-corrected chi connectivity index (χ4v) is 2.39. The lowest BCUT2D eigenvalue weighted by molar-refractivity contribution is 0.102. The molecular formula is C21H20N4O2. The highest BCUT2D eigenvalue weighted by Gasteiger charge is 2.08. The van der Waals surface area contributed by atoms with E-state index in [0.29, 0.717) is 16.9 Å². The molecule has 6 heteroatoms. The molecule has 0 aliphatic carbocycles. The summed E-state index contributed by atoms with van der Waals surface area (Å²) in [6.45, 7) is 0. The van der Waals surface area contributed by atoms with Crippen molar-refractivity contribution < 1.29 is 9.90 Å². The molecule has 0 heterocycles. The van der Waals surface area contributed by atoms with E-state index in [2.05, 4.69) is 15.5 Å². The Kier molecular flexibility index (Phi) is 5.47. The fourth-order valence-electron chi connectivity index (χ4n) is 2.39. The van der Waals surface area contributed by atoms with Crippen molar-refractivity contribution in [2.45, 2.75) is 0 Å². The van der Waals surface area contributed by atoms with Crippen LogP contribution in [0.4, 0.5) is 22.7 Å². The highest BCUT2D eigenvalue weighted by atomic mass is 16.3. The number of para-hydroxylation sites is 2. The second kappa shape index (κ2) is 8.14. The van der Waals surface area contributed by atoms with Crippen LogP contribution in [0.15, 0.2) is 83.0 Å². The largest absolute Gasteiger partial charge is 0.506 e. The lowest BCUT2D eigenvalue weighted by Crippen LogP contribution is -2.11. The van der Waals surface area contributed by atoms with E-state index < -0.39 is 0 Å². The summed E-state index contributed by atoms with van der Waals surface area (Å²) < 4.78 is 0. The Labute approximate surface area is 157 Å². The number of hydrogen-bond donors (Lipinski definition) is 2. The summed E-state index contributed by atoms with van der Waals surface area (Å²) in [5.41, 5.74) is 3.32. The van der Waals surface area contributed by atoms with Gasteiger partial charge in [0.2, 0.25) is 0 Å². The van der Waals surface area contributed by atoms with Gasteiger partial charge in [0.15, 0.2) is 0 Å². The molecule has 0 saturated heterocycles. The van der Waals surface area contributed by atoms with Gasteiger partial charge < -0.3 is 15.3 Å². The second-order valence-electron chi connectivity index (χ2n) is 6.13. The first-order chi connectivity index (χ1) is 13.0. The van der Waals surface area contributed by atoms with E-state index in [1.165, 1.54) is 6.07 Å². The van der Waals surface area contributed by atoms with Crippen LogP contribution in [-0.2, 0) is 0 Å². The van der Waals surface area contributed by atoms with Crippen molar-refractivity contribution in [3.05, 3.63) is 78.4 Å².